The second-order valence-electron chi connectivity index (χ2n) is 5.30. The molecule has 0 aromatic heterocycles. The monoisotopic (exact) mass is 253 g/mol. The Morgan fingerprint density at radius 1 is 1.28 bits per heavy atom. The predicted molar refractivity (Wildman–Crippen MR) is 64.5 cm³/mol. The van der Waals surface area contributed by atoms with Gasteiger partial charge in [0.2, 0.25) is 17.7 Å². The number of hydrogen-bond donors (Lipinski definition) is 0. The molecule has 2 saturated heterocycles. The lowest BCUT2D eigenvalue weighted by molar-refractivity contribution is -0.139. The van der Waals surface area contributed by atoms with Gasteiger partial charge in [-0.05, 0) is 0 Å². The summed E-state index contributed by atoms with van der Waals surface area (Å²) in [5.41, 5.74) is 0. The zero-order valence-electron chi connectivity index (χ0n) is 11.0. The van der Waals surface area contributed by atoms with E-state index >= 15 is 0 Å². The molecule has 2 aliphatic heterocycles. The first-order chi connectivity index (χ1) is 8.40. The van der Waals surface area contributed by atoms with Crippen molar-refractivity contribution in [2.24, 2.45) is 11.8 Å². The van der Waals surface area contributed by atoms with Crippen LogP contribution >= 0.6 is 0 Å². The van der Waals surface area contributed by atoms with Crippen molar-refractivity contribution in [3.63, 3.8) is 0 Å². The Balaban J connectivity index is 1.97. The molecule has 2 heterocycles. The minimum absolute atomic E-state index is 0.0129. The van der Waals surface area contributed by atoms with Crippen molar-refractivity contribution in [3.8, 4) is 0 Å². The fourth-order valence-electron chi connectivity index (χ4n) is 2.65. The molecule has 6 heteroatoms. The van der Waals surface area contributed by atoms with Gasteiger partial charge in [-0.3, -0.25) is 14.4 Å². The highest BCUT2D eigenvalue weighted by atomic mass is 16.2. The SMILES string of the molecule is CC(=O)N1C[C@H]2CN(CC(=O)N(C)C)C(=O)[C@H]2C1. The van der Waals surface area contributed by atoms with Gasteiger partial charge < -0.3 is 14.7 Å². The van der Waals surface area contributed by atoms with Crippen LogP contribution in [-0.2, 0) is 14.4 Å². The van der Waals surface area contributed by atoms with Gasteiger partial charge in [-0.15, -0.1) is 0 Å². The Morgan fingerprint density at radius 3 is 2.44 bits per heavy atom. The summed E-state index contributed by atoms with van der Waals surface area (Å²) < 4.78 is 0. The molecule has 18 heavy (non-hydrogen) atoms. The summed E-state index contributed by atoms with van der Waals surface area (Å²) in [6.45, 7) is 3.41. The minimum atomic E-state index is -0.108. The van der Waals surface area contributed by atoms with Crippen molar-refractivity contribution >= 4 is 17.7 Å². The normalized spacial score (nSPS) is 26.5. The Kier molecular flexibility index (Phi) is 3.28. The summed E-state index contributed by atoms with van der Waals surface area (Å²) in [5.74, 6) is 0.0547. The lowest BCUT2D eigenvalue weighted by Crippen LogP contribution is -2.40. The number of fused-ring (bicyclic) bond motifs is 1. The van der Waals surface area contributed by atoms with Gasteiger partial charge in [0.15, 0.2) is 0 Å². The smallest absolute Gasteiger partial charge is 0.241 e. The lowest BCUT2D eigenvalue weighted by Gasteiger charge is -2.22. The van der Waals surface area contributed by atoms with Gasteiger partial charge in [0, 0.05) is 46.6 Å². The van der Waals surface area contributed by atoms with Crippen LogP contribution in [0.4, 0.5) is 0 Å². The number of nitrogens with zero attached hydrogens (tertiary/aromatic N) is 3. The Labute approximate surface area is 107 Å². The van der Waals surface area contributed by atoms with Crippen molar-refractivity contribution in [1.82, 2.24) is 14.7 Å². The molecule has 2 rings (SSSR count). The van der Waals surface area contributed by atoms with E-state index in [1.54, 1.807) is 23.9 Å². The third kappa shape index (κ3) is 2.19. The molecule has 3 amide bonds. The van der Waals surface area contributed by atoms with Crippen LogP contribution in [0, 0.1) is 11.8 Å². The molecule has 2 atom stereocenters. The third-order valence-electron chi connectivity index (χ3n) is 3.80. The number of likely N-dealkylation sites (N-methyl/N-ethyl adjacent to an activating group) is 1. The molecule has 0 spiro atoms. The summed E-state index contributed by atoms with van der Waals surface area (Å²) in [6.07, 6.45) is 0. The summed E-state index contributed by atoms with van der Waals surface area (Å²) in [6, 6.07) is 0. The Hall–Kier alpha value is -1.59. The summed E-state index contributed by atoms with van der Waals surface area (Å²) >= 11 is 0. The molecule has 0 aromatic carbocycles. The van der Waals surface area contributed by atoms with Crippen molar-refractivity contribution in [2.75, 3.05) is 40.3 Å². The van der Waals surface area contributed by atoms with Crippen LogP contribution in [0.3, 0.4) is 0 Å². The van der Waals surface area contributed by atoms with Crippen molar-refractivity contribution in [1.29, 1.82) is 0 Å². The predicted octanol–water partition coefficient (Wildman–Crippen LogP) is -0.989. The van der Waals surface area contributed by atoms with E-state index in [4.69, 9.17) is 0 Å². The van der Waals surface area contributed by atoms with Crippen LogP contribution in [0.15, 0.2) is 0 Å². The first-order valence-corrected chi connectivity index (χ1v) is 6.14. The second kappa shape index (κ2) is 4.59. The molecular formula is C12H19N3O3. The zero-order valence-corrected chi connectivity index (χ0v) is 11.0. The zero-order chi connectivity index (χ0) is 13.4. The number of carbonyl (C=O) groups is 3. The van der Waals surface area contributed by atoms with E-state index in [2.05, 4.69) is 0 Å². The molecule has 2 aliphatic rings. The van der Waals surface area contributed by atoms with Crippen molar-refractivity contribution in [3.05, 3.63) is 0 Å². The summed E-state index contributed by atoms with van der Waals surface area (Å²) in [5, 5.41) is 0. The van der Waals surface area contributed by atoms with Crippen molar-refractivity contribution < 1.29 is 14.4 Å². The third-order valence-corrected chi connectivity index (χ3v) is 3.80. The second-order valence-corrected chi connectivity index (χ2v) is 5.30. The van der Waals surface area contributed by atoms with Crippen LogP contribution in [0.2, 0.25) is 0 Å². The van der Waals surface area contributed by atoms with Gasteiger partial charge in [-0.25, -0.2) is 0 Å². The largest absolute Gasteiger partial charge is 0.347 e. The van der Waals surface area contributed by atoms with Gasteiger partial charge in [0.05, 0.1) is 12.5 Å². The fourth-order valence-corrected chi connectivity index (χ4v) is 2.65. The standard InChI is InChI=1S/C12H19N3O3/c1-8(16)14-4-9-5-15(7-11(17)13(2)3)12(18)10(9)6-14/h9-10H,4-7H2,1-3H3/t9-,10-/m0/s1. The van der Waals surface area contributed by atoms with Crippen molar-refractivity contribution in [2.45, 2.75) is 6.92 Å². The quantitative estimate of drug-likeness (QED) is 0.635. The average Bonchev–Trinajstić information content (AvgIpc) is 2.80. The highest BCUT2D eigenvalue weighted by Crippen LogP contribution is 2.32. The number of carbonyl (C=O) groups excluding carboxylic acids is 3. The number of hydrogen-bond acceptors (Lipinski definition) is 3. The number of amides is 3. The number of likely N-dealkylation sites (tertiary alicyclic amines) is 2. The highest BCUT2D eigenvalue weighted by molar-refractivity contribution is 5.88. The minimum Gasteiger partial charge on any atom is -0.347 e. The molecule has 0 N–H and O–H groups in total. The molecule has 0 aromatic rings. The van der Waals surface area contributed by atoms with E-state index < -0.39 is 0 Å². The van der Waals surface area contributed by atoms with E-state index in [1.165, 1.54) is 11.8 Å². The molecule has 0 radical (unpaired) electrons. The Morgan fingerprint density at radius 2 is 1.94 bits per heavy atom. The van der Waals surface area contributed by atoms with Crippen LogP contribution in [0.1, 0.15) is 6.92 Å². The first kappa shape index (κ1) is 12.9. The van der Waals surface area contributed by atoms with Crippen LogP contribution in [0.25, 0.3) is 0 Å². The Bertz CT molecular complexity index is 394. The van der Waals surface area contributed by atoms with Gasteiger partial charge in [-0.2, -0.15) is 0 Å². The summed E-state index contributed by atoms with van der Waals surface area (Å²) in [7, 11) is 3.36. The van der Waals surface area contributed by atoms with Gasteiger partial charge in [0.1, 0.15) is 0 Å². The van der Waals surface area contributed by atoms with Crippen LogP contribution in [-0.4, -0.2) is 72.7 Å². The van der Waals surface area contributed by atoms with E-state index in [0.717, 1.165) is 0 Å². The number of rotatable bonds is 2. The molecule has 0 aliphatic carbocycles. The van der Waals surface area contributed by atoms with E-state index in [9.17, 15) is 14.4 Å². The highest BCUT2D eigenvalue weighted by Gasteiger charge is 2.47. The van der Waals surface area contributed by atoms with Gasteiger partial charge >= 0.3 is 0 Å². The molecule has 0 saturated carbocycles. The van der Waals surface area contributed by atoms with Gasteiger partial charge in [-0.1, -0.05) is 0 Å². The van der Waals surface area contributed by atoms with E-state index in [-0.39, 0.29) is 36.1 Å². The van der Waals surface area contributed by atoms with Crippen LogP contribution in [0.5, 0.6) is 0 Å². The molecule has 0 bridgehead atoms. The van der Waals surface area contributed by atoms with E-state index in [1.807, 2.05) is 0 Å². The average molecular weight is 253 g/mol. The molecular weight excluding hydrogens is 234 g/mol. The maximum atomic E-state index is 12.1. The van der Waals surface area contributed by atoms with E-state index in [0.29, 0.717) is 19.6 Å². The lowest BCUT2D eigenvalue weighted by atomic mass is 10.0. The maximum absolute atomic E-state index is 12.1. The van der Waals surface area contributed by atoms with Gasteiger partial charge in [0.25, 0.3) is 0 Å². The molecule has 2 fully saturated rings. The molecule has 100 valence electrons. The van der Waals surface area contributed by atoms with Crippen LogP contribution < -0.4 is 0 Å². The maximum Gasteiger partial charge on any atom is 0.241 e. The first-order valence-electron chi connectivity index (χ1n) is 6.14. The molecule has 0 unspecified atom stereocenters. The molecule has 6 nitrogen and oxygen atoms in total. The summed E-state index contributed by atoms with van der Waals surface area (Å²) in [4.78, 5) is 39.8. The fraction of sp³-hybridized carbons (Fsp3) is 0.750. The topological polar surface area (TPSA) is 60.9 Å².